The minimum Gasteiger partial charge on any atom is -0.353 e. The standard InChI is InChI=1S/C17H22N4O2/c1-12-4-2-3-5-14(12)19-15(22)6-7-16-20-17(21-23-16)13-8-10-18-11-9-13/h8-12,14H,2-7H2,1H3,(H,19,22). The van der Waals surface area contributed by atoms with Gasteiger partial charge in [-0.1, -0.05) is 24.9 Å². The third kappa shape index (κ3) is 4.15. The molecule has 23 heavy (non-hydrogen) atoms. The first-order valence-electron chi connectivity index (χ1n) is 8.25. The van der Waals surface area contributed by atoms with Crippen molar-refractivity contribution in [2.75, 3.05) is 0 Å². The molecule has 6 heteroatoms. The molecule has 6 nitrogen and oxygen atoms in total. The number of carbonyl (C=O) groups is 1. The fourth-order valence-electron chi connectivity index (χ4n) is 3.00. The Kier molecular flexibility index (Phi) is 5.00. The topological polar surface area (TPSA) is 80.9 Å². The predicted molar refractivity (Wildman–Crippen MR) is 85.4 cm³/mol. The highest BCUT2D eigenvalue weighted by molar-refractivity contribution is 5.76. The van der Waals surface area contributed by atoms with Crippen LogP contribution in [0.25, 0.3) is 11.4 Å². The lowest BCUT2D eigenvalue weighted by Crippen LogP contribution is -2.41. The van der Waals surface area contributed by atoms with Crippen LogP contribution < -0.4 is 5.32 Å². The highest BCUT2D eigenvalue weighted by Gasteiger charge is 2.22. The minimum atomic E-state index is 0.0624. The summed E-state index contributed by atoms with van der Waals surface area (Å²) in [6, 6.07) is 3.96. The fourth-order valence-corrected chi connectivity index (χ4v) is 3.00. The van der Waals surface area contributed by atoms with Crippen LogP contribution in [0.15, 0.2) is 29.0 Å². The van der Waals surface area contributed by atoms with E-state index in [1.807, 2.05) is 12.1 Å². The molecule has 1 aliphatic carbocycles. The average molecular weight is 314 g/mol. The number of carbonyl (C=O) groups excluding carboxylic acids is 1. The molecule has 1 aliphatic rings. The molecule has 0 aliphatic heterocycles. The zero-order chi connectivity index (χ0) is 16.1. The second-order valence-electron chi connectivity index (χ2n) is 6.18. The summed E-state index contributed by atoms with van der Waals surface area (Å²) in [6.07, 6.45) is 8.96. The summed E-state index contributed by atoms with van der Waals surface area (Å²) in [5, 5.41) is 7.09. The Morgan fingerprint density at radius 2 is 2.09 bits per heavy atom. The first-order chi connectivity index (χ1) is 11.2. The molecule has 0 aromatic carbocycles. The van der Waals surface area contributed by atoms with E-state index in [-0.39, 0.29) is 5.91 Å². The molecule has 0 radical (unpaired) electrons. The molecule has 2 aromatic heterocycles. The molecule has 3 rings (SSSR count). The van der Waals surface area contributed by atoms with E-state index in [0.717, 1.165) is 12.0 Å². The summed E-state index contributed by atoms with van der Waals surface area (Å²) in [5.41, 5.74) is 0.857. The summed E-state index contributed by atoms with van der Waals surface area (Å²) in [6.45, 7) is 2.21. The van der Waals surface area contributed by atoms with Crippen LogP contribution in [0.1, 0.15) is 44.9 Å². The number of aromatic nitrogens is 3. The van der Waals surface area contributed by atoms with Crippen LogP contribution in [-0.4, -0.2) is 27.1 Å². The number of nitrogens with zero attached hydrogens (tertiary/aromatic N) is 3. The minimum absolute atomic E-state index is 0.0624. The lowest BCUT2D eigenvalue weighted by molar-refractivity contribution is -0.122. The van der Waals surface area contributed by atoms with Crippen molar-refractivity contribution in [3.63, 3.8) is 0 Å². The van der Waals surface area contributed by atoms with Gasteiger partial charge in [0.05, 0.1) is 0 Å². The normalized spacial score (nSPS) is 21.1. The molecule has 2 aromatic rings. The molecule has 2 unspecified atom stereocenters. The second kappa shape index (κ2) is 7.35. The van der Waals surface area contributed by atoms with Gasteiger partial charge in [-0.25, -0.2) is 0 Å². The number of amides is 1. The molecule has 2 atom stereocenters. The Bertz CT molecular complexity index is 641. The predicted octanol–water partition coefficient (Wildman–Crippen LogP) is 2.76. The number of hydrogen-bond donors (Lipinski definition) is 1. The maximum atomic E-state index is 12.1. The molecule has 1 amide bonds. The van der Waals surface area contributed by atoms with Gasteiger partial charge < -0.3 is 9.84 Å². The van der Waals surface area contributed by atoms with Crippen molar-refractivity contribution in [1.82, 2.24) is 20.4 Å². The Labute approximate surface area is 135 Å². The third-order valence-corrected chi connectivity index (χ3v) is 4.43. The first kappa shape index (κ1) is 15.6. The SMILES string of the molecule is CC1CCCCC1NC(=O)CCc1nc(-c2ccncc2)no1. The van der Waals surface area contributed by atoms with Gasteiger partial charge in [0, 0.05) is 36.8 Å². The van der Waals surface area contributed by atoms with E-state index < -0.39 is 0 Å². The highest BCUT2D eigenvalue weighted by Crippen LogP contribution is 2.23. The number of aryl methyl sites for hydroxylation is 1. The van der Waals surface area contributed by atoms with Gasteiger partial charge in [0.1, 0.15) is 0 Å². The Morgan fingerprint density at radius 1 is 1.30 bits per heavy atom. The zero-order valence-electron chi connectivity index (χ0n) is 13.4. The van der Waals surface area contributed by atoms with Crippen LogP contribution in [0, 0.1) is 5.92 Å². The molecule has 0 spiro atoms. The molecular weight excluding hydrogens is 292 g/mol. The van der Waals surface area contributed by atoms with Gasteiger partial charge in [0.25, 0.3) is 0 Å². The maximum absolute atomic E-state index is 12.1. The smallest absolute Gasteiger partial charge is 0.227 e. The van der Waals surface area contributed by atoms with Crippen molar-refractivity contribution in [1.29, 1.82) is 0 Å². The summed E-state index contributed by atoms with van der Waals surface area (Å²) in [5.74, 6) is 1.65. The quantitative estimate of drug-likeness (QED) is 0.917. The van der Waals surface area contributed by atoms with Gasteiger partial charge in [0.2, 0.25) is 17.6 Å². The first-order valence-corrected chi connectivity index (χ1v) is 8.25. The molecule has 1 saturated carbocycles. The number of hydrogen-bond acceptors (Lipinski definition) is 5. The second-order valence-corrected chi connectivity index (χ2v) is 6.18. The number of nitrogens with one attached hydrogen (secondary N) is 1. The van der Waals surface area contributed by atoms with Crippen molar-refractivity contribution >= 4 is 5.91 Å². The zero-order valence-corrected chi connectivity index (χ0v) is 13.4. The van der Waals surface area contributed by atoms with Crippen molar-refractivity contribution < 1.29 is 9.32 Å². The lowest BCUT2D eigenvalue weighted by atomic mass is 9.86. The van der Waals surface area contributed by atoms with Crippen molar-refractivity contribution in [2.45, 2.75) is 51.5 Å². The fraction of sp³-hybridized carbons (Fsp3) is 0.529. The van der Waals surface area contributed by atoms with Crippen molar-refractivity contribution in [2.24, 2.45) is 5.92 Å². The molecular formula is C17H22N4O2. The molecule has 2 heterocycles. The molecule has 1 N–H and O–H groups in total. The summed E-state index contributed by atoms with van der Waals surface area (Å²) < 4.78 is 5.22. The Balaban J connectivity index is 1.50. The van der Waals surface area contributed by atoms with Crippen LogP contribution in [0.5, 0.6) is 0 Å². The van der Waals surface area contributed by atoms with E-state index in [1.165, 1.54) is 19.3 Å². The van der Waals surface area contributed by atoms with E-state index in [4.69, 9.17) is 4.52 Å². The molecule has 122 valence electrons. The van der Waals surface area contributed by atoms with Crippen molar-refractivity contribution in [3.8, 4) is 11.4 Å². The van der Waals surface area contributed by atoms with Crippen LogP contribution >= 0.6 is 0 Å². The van der Waals surface area contributed by atoms with Crippen LogP contribution in [0.3, 0.4) is 0 Å². The van der Waals surface area contributed by atoms with Crippen molar-refractivity contribution in [3.05, 3.63) is 30.4 Å². The summed E-state index contributed by atoms with van der Waals surface area (Å²) in [7, 11) is 0. The van der Waals surface area contributed by atoms with Gasteiger partial charge in [-0.15, -0.1) is 0 Å². The van der Waals surface area contributed by atoms with Crippen LogP contribution in [0.2, 0.25) is 0 Å². The van der Waals surface area contributed by atoms with E-state index >= 15 is 0 Å². The molecule has 0 saturated heterocycles. The Hall–Kier alpha value is -2.24. The van der Waals surface area contributed by atoms with Crippen LogP contribution in [0.4, 0.5) is 0 Å². The highest BCUT2D eigenvalue weighted by atomic mass is 16.5. The number of pyridine rings is 1. The lowest BCUT2D eigenvalue weighted by Gasteiger charge is -2.29. The van der Waals surface area contributed by atoms with Gasteiger partial charge in [-0.05, 0) is 30.9 Å². The van der Waals surface area contributed by atoms with E-state index in [2.05, 4.69) is 27.4 Å². The third-order valence-electron chi connectivity index (χ3n) is 4.43. The van der Waals surface area contributed by atoms with E-state index in [1.54, 1.807) is 12.4 Å². The van der Waals surface area contributed by atoms with Gasteiger partial charge in [-0.2, -0.15) is 4.98 Å². The molecule has 1 fully saturated rings. The van der Waals surface area contributed by atoms with E-state index in [0.29, 0.717) is 36.5 Å². The average Bonchev–Trinajstić information content (AvgIpc) is 3.05. The van der Waals surface area contributed by atoms with Gasteiger partial charge in [0.15, 0.2) is 0 Å². The largest absolute Gasteiger partial charge is 0.353 e. The van der Waals surface area contributed by atoms with Gasteiger partial charge in [-0.3, -0.25) is 9.78 Å². The molecule has 0 bridgehead atoms. The summed E-state index contributed by atoms with van der Waals surface area (Å²) in [4.78, 5) is 20.4. The Morgan fingerprint density at radius 3 is 2.87 bits per heavy atom. The maximum Gasteiger partial charge on any atom is 0.227 e. The van der Waals surface area contributed by atoms with Gasteiger partial charge >= 0.3 is 0 Å². The monoisotopic (exact) mass is 314 g/mol. The number of rotatable bonds is 5. The van der Waals surface area contributed by atoms with Crippen LogP contribution in [-0.2, 0) is 11.2 Å². The summed E-state index contributed by atoms with van der Waals surface area (Å²) >= 11 is 0. The van der Waals surface area contributed by atoms with E-state index in [9.17, 15) is 4.79 Å².